The summed E-state index contributed by atoms with van der Waals surface area (Å²) in [4.78, 5) is 4.20. The molecule has 0 amide bonds. The van der Waals surface area contributed by atoms with E-state index in [9.17, 15) is 8.42 Å². The first-order valence-corrected chi connectivity index (χ1v) is 8.83. The van der Waals surface area contributed by atoms with Gasteiger partial charge in [0.25, 0.3) is 0 Å². The van der Waals surface area contributed by atoms with Crippen molar-refractivity contribution >= 4 is 9.84 Å². The zero-order valence-electron chi connectivity index (χ0n) is 12.0. The maximum absolute atomic E-state index is 11.6. The average molecular weight is 298 g/mol. The van der Waals surface area contributed by atoms with E-state index in [4.69, 9.17) is 4.74 Å². The maximum atomic E-state index is 11.6. The van der Waals surface area contributed by atoms with Crippen LogP contribution in [0.2, 0.25) is 0 Å². The van der Waals surface area contributed by atoms with Gasteiger partial charge in [0.2, 0.25) is 0 Å². The van der Waals surface area contributed by atoms with Gasteiger partial charge in [0.1, 0.15) is 5.75 Å². The highest BCUT2D eigenvalue weighted by Crippen LogP contribution is 2.32. The standard InChI is InChI=1S/C14H22N2O3S/c1-3-5-19-13-7-12(8-16-9-13)14(15-2)11-4-6-20(17,18)10-11/h7-9,11,14-15H,3-6,10H2,1-2H3. The van der Waals surface area contributed by atoms with Gasteiger partial charge >= 0.3 is 0 Å². The van der Waals surface area contributed by atoms with Crippen LogP contribution in [0.3, 0.4) is 0 Å². The predicted molar refractivity (Wildman–Crippen MR) is 78.6 cm³/mol. The van der Waals surface area contributed by atoms with Crippen LogP contribution in [-0.2, 0) is 9.84 Å². The summed E-state index contributed by atoms with van der Waals surface area (Å²) in [6.07, 6.45) is 5.12. The van der Waals surface area contributed by atoms with Crippen molar-refractivity contribution in [3.8, 4) is 5.75 Å². The second-order valence-electron chi connectivity index (χ2n) is 5.23. The molecule has 2 unspecified atom stereocenters. The molecule has 6 heteroatoms. The molecule has 5 nitrogen and oxygen atoms in total. The van der Waals surface area contributed by atoms with Crippen LogP contribution in [0.4, 0.5) is 0 Å². The summed E-state index contributed by atoms with van der Waals surface area (Å²) in [5, 5.41) is 3.22. The lowest BCUT2D eigenvalue weighted by Crippen LogP contribution is -2.26. The largest absolute Gasteiger partial charge is 0.492 e. The van der Waals surface area contributed by atoms with E-state index in [0.717, 1.165) is 17.7 Å². The Morgan fingerprint density at radius 1 is 1.50 bits per heavy atom. The van der Waals surface area contributed by atoms with E-state index in [-0.39, 0.29) is 23.5 Å². The SMILES string of the molecule is CCCOc1cncc(C(NC)C2CCS(=O)(=O)C2)c1. The van der Waals surface area contributed by atoms with E-state index >= 15 is 0 Å². The molecule has 1 aromatic heterocycles. The molecule has 1 aliphatic rings. The monoisotopic (exact) mass is 298 g/mol. The molecule has 0 aliphatic carbocycles. The third kappa shape index (κ3) is 3.70. The van der Waals surface area contributed by atoms with Crippen LogP contribution in [0.1, 0.15) is 31.4 Å². The smallest absolute Gasteiger partial charge is 0.150 e. The maximum Gasteiger partial charge on any atom is 0.150 e. The molecule has 1 aliphatic heterocycles. The first kappa shape index (κ1) is 15.3. The van der Waals surface area contributed by atoms with Crippen molar-refractivity contribution in [2.45, 2.75) is 25.8 Å². The Kier molecular flexibility index (Phi) is 4.99. The summed E-state index contributed by atoms with van der Waals surface area (Å²) < 4.78 is 28.9. The third-order valence-electron chi connectivity index (χ3n) is 3.62. The van der Waals surface area contributed by atoms with Gasteiger partial charge in [-0.2, -0.15) is 0 Å². The molecular formula is C14H22N2O3S. The molecule has 2 atom stereocenters. The normalized spacial score (nSPS) is 22.6. The minimum atomic E-state index is -2.87. The van der Waals surface area contributed by atoms with Crippen molar-refractivity contribution in [1.29, 1.82) is 0 Å². The number of hydrogen-bond donors (Lipinski definition) is 1. The molecule has 2 rings (SSSR count). The Morgan fingerprint density at radius 2 is 2.30 bits per heavy atom. The fraction of sp³-hybridized carbons (Fsp3) is 0.643. The molecule has 1 saturated heterocycles. The van der Waals surface area contributed by atoms with Crippen LogP contribution in [0.15, 0.2) is 18.5 Å². The number of sulfone groups is 1. The molecule has 0 saturated carbocycles. The number of aromatic nitrogens is 1. The van der Waals surface area contributed by atoms with Gasteiger partial charge in [-0.3, -0.25) is 4.98 Å². The van der Waals surface area contributed by atoms with Crippen LogP contribution in [0, 0.1) is 5.92 Å². The number of pyridine rings is 1. The van der Waals surface area contributed by atoms with Crippen LogP contribution < -0.4 is 10.1 Å². The number of rotatable bonds is 6. The predicted octanol–water partition coefficient (Wildman–Crippen LogP) is 1.57. The van der Waals surface area contributed by atoms with Crippen LogP contribution in [0.5, 0.6) is 5.75 Å². The summed E-state index contributed by atoms with van der Waals surface area (Å²) >= 11 is 0. The van der Waals surface area contributed by atoms with E-state index in [2.05, 4.69) is 17.2 Å². The molecule has 1 N–H and O–H groups in total. The second-order valence-corrected chi connectivity index (χ2v) is 7.46. The summed E-state index contributed by atoms with van der Waals surface area (Å²) in [6, 6.07) is 1.96. The summed E-state index contributed by atoms with van der Waals surface area (Å²) in [7, 11) is -1.02. The number of ether oxygens (including phenoxy) is 1. The Balaban J connectivity index is 2.15. The Bertz CT molecular complexity index is 545. The molecule has 0 spiro atoms. The first-order chi connectivity index (χ1) is 9.55. The van der Waals surface area contributed by atoms with Gasteiger partial charge in [-0.1, -0.05) is 6.92 Å². The van der Waals surface area contributed by atoms with Crippen molar-refractivity contribution in [3.05, 3.63) is 24.0 Å². The zero-order chi connectivity index (χ0) is 14.6. The number of nitrogens with one attached hydrogen (secondary N) is 1. The minimum Gasteiger partial charge on any atom is -0.492 e. The highest BCUT2D eigenvalue weighted by atomic mass is 32.2. The lowest BCUT2D eigenvalue weighted by Gasteiger charge is -2.22. The molecule has 112 valence electrons. The van der Waals surface area contributed by atoms with Gasteiger partial charge in [-0.25, -0.2) is 8.42 Å². The van der Waals surface area contributed by atoms with Crippen molar-refractivity contribution in [3.63, 3.8) is 0 Å². The molecule has 0 radical (unpaired) electrons. The highest BCUT2D eigenvalue weighted by Gasteiger charge is 2.34. The second kappa shape index (κ2) is 6.54. The Morgan fingerprint density at radius 3 is 2.90 bits per heavy atom. The fourth-order valence-electron chi connectivity index (χ4n) is 2.67. The van der Waals surface area contributed by atoms with Crippen molar-refractivity contribution in [2.24, 2.45) is 5.92 Å². The van der Waals surface area contributed by atoms with E-state index in [1.165, 1.54) is 0 Å². The quantitative estimate of drug-likeness (QED) is 0.863. The first-order valence-electron chi connectivity index (χ1n) is 7.01. The van der Waals surface area contributed by atoms with E-state index in [1.54, 1.807) is 12.4 Å². The average Bonchev–Trinajstić information content (AvgIpc) is 2.78. The van der Waals surface area contributed by atoms with Crippen LogP contribution >= 0.6 is 0 Å². The molecule has 0 bridgehead atoms. The molecule has 1 aromatic rings. The third-order valence-corrected chi connectivity index (χ3v) is 5.41. The van der Waals surface area contributed by atoms with Gasteiger partial charge < -0.3 is 10.1 Å². The number of hydrogen-bond acceptors (Lipinski definition) is 5. The van der Waals surface area contributed by atoms with Crippen LogP contribution in [0.25, 0.3) is 0 Å². The van der Waals surface area contributed by atoms with Gasteiger partial charge in [-0.05, 0) is 37.4 Å². The van der Waals surface area contributed by atoms with E-state index in [1.807, 2.05) is 13.1 Å². The zero-order valence-corrected chi connectivity index (χ0v) is 12.8. The van der Waals surface area contributed by atoms with E-state index in [0.29, 0.717) is 13.0 Å². The van der Waals surface area contributed by atoms with Gasteiger partial charge in [-0.15, -0.1) is 0 Å². The van der Waals surface area contributed by atoms with Crippen molar-refractivity contribution in [1.82, 2.24) is 10.3 Å². The van der Waals surface area contributed by atoms with E-state index < -0.39 is 9.84 Å². The Hall–Kier alpha value is -1.14. The summed E-state index contributed by atoms with van der Waals surface area (Å²) in [6.45, 7) is 2.71. The molecule has 0 aromatic carbocycles. The lowest BCUT2D eigenvalue weighted by atomic mass is 9.93. The summed E-state index contributed by atoms with van der Waals surface area (Å²) in [5.41, 5.74) is 0.989. The van der Waals surface area contributed by atoms with Crippen molar-refractivity contribution in [2.75, 3.05) is 25.2 Å². The molecule has 1 fully saturated rings. The van der Waals surface area contributed by atoms with Gasteiger partial charge in [0, 0.05) is 12.2 Å². The molecule has 2 heterocycles. The Labute approximate surface area is 120 Å². The summed E-state index contributed by atoms with van der Waals surface area (Å²) in [5.74, 6) is 1.38. The molecule has 20 heavy (non-hydrogen) atoms. The van der Waals surface area contributed by atoms with Gasteiger partial charge in [0.15, 0.2) is 9.84 Å². The molecular weight excluding hydrogens is 276 g/mol. The van der Waals surface area contributed by atoms with Crippen molar-refractivity contribution < 1.29 is 13.2 Å². The fourth-order valence-corrected chi connectivity index (χ4v) is 4.51. The minimum absolute atomic E-state index is 0.00458. The highest BCUT2D eigenvalue weighted by molar-refractivity contribution is 7.91. The number of nitrogens with zero attached hydrogens (tertiary/aromatic N) is 1. The topological polar surface area (TPSA) is 68.3 Å². The lowest BCUT2D eigenvalue weighted by molar-refractivity contribution is 0.314. The van der Waals surface area contributed by atoms with Crippen LogP contribution in [-0.4, -0.2) is 38.6 Å². The van der Waals surface area contributed by atoms with Gasteiger partial charge in [0.05, 0.1) is 24.3 Å².